The molecule has 2 N–H and O–H groups in total. The van der Waals surface area contributed by atoms with Crippen molar-refractivity contribution in [2.45, 2.75) is 20.0 Å². The third kappa shape index (κ3) is 3.97. The van der Waals surface area contributed by atoms with E-state index < -0.39 is 0 Å². The first-order valence-electron chi connectivity index (χ1n) is 7.05. The lowest BCUT2D eigenvalue weighted by Crippen LogP contribution is -2.36. The topological polar surface area (TPSA) is 76.4 Å². The largest absolute Gasteiger partial charge is 0.496 e. The number of hydrogen-bond donors (Lipinski definition) is 2. The van der Waals surface area contributed by atoms with Crippen LogP contribution in [0.1, 0.15) is 17.0 Å². The van der Waals surface area contributed by atoms with Gasteiger partial charge in [0.25, 0.3) is 0 Å². The van der Waals surface area contributed by atoms with Crippen LogP contribution in [-0.4, -0.2) is 34.9 Å². The molecule has 0 atom stereocenters. The van der Waals surface area contributed by atoms with Gasteiger partial charge in [-0.3, -0.25) is 9.67 Å². The monoisotopic (exact) mass is 302 g/mol. The zero-order chi connectivity index (χ0) is 15.9. The highest BCUT2D eigenvalue weighted by Crippen LogP contribution is 2.18. The number of guanidine groups is 1. The number of aromatic nitrogens is 3. The molecule has 7 heteroatoms. The van der Waals surface area contributed by atoms with Gasteiger partial charge in [0.05, 0.1) is 13.7 Å². The summed E-state index contributed by atoms with van der Waals surface area (Å²) in [5, 5.41) is 10.5. The van der Waals surface area contributed by atoms with E-state index in [0.29, 0.717) is 13.1 Å². The first-order chi connectivity index (χ1) is 10.6. The fourth-order valence-electron chi connectivity index (χ4n) is 2.10. The number of rotatable bonds is 5. The maximum atomic E-state index is 5.27. The standard InChI is InChI=1S/C15H22N6O/c1-11-7-12(5-6-13(11)22-4)8-17-15(16-2)18-9-14-19-10-20-21(14)3/h5-7,10H,8-9H2,1-4H3,(H2,16,17,18). The number of nitrogens with one attached hydrogen (secondary N) is 2. The summed E-state index contributed by atoms with van der Waals surface area (Å²) in [6, 6.07) is 6.11. The normalized spacial score (nSPS) is 11.4. The molecule has 0 amide bonds. The van der Waals surface area contributed by atoms with Gasteiger partial charge in [-0.1, -0.05) is 12.1 Å². The van der Waals surface area contributed by atoms with Gasteiger partial charge in [-0.25, -0.2) is 4.98 Å². The smallest absolute Gasteiger partial charge is 0.191 e. The summed E-state index contributed by atoms with van der Waals surface area (Å²) < 4.78 is 7.00. The van der Waals surface area contributed by atoms with Crippen molar-refractivity contribution in [3.63, 3.8) is 0 Å². The van der Waals surface area contributed by atoms with E-state index in [4.69, 9.17) is 4.74 Å². The van der Waals surface area contributed by atoms with Gasteiger partial charge >= 0.3 is 0 Å². The Labute approximate surface area is 130 Å². The van der Waals surface area contributed by atoms with Gasteiger partial charge < -0.3 is 15.4 Å². The number of aliphatic imine (C=N–C) groups is 1. The number of benzene rings is 1. The minimum atomic E-state index is 0.567. The van der Waals surface area contributed by atoms with Gasteiger partial charge in [0, 0.05) is 20.6 Å². The maximum Gasteiger partial charge on any atom is 0.191 e. The van der Waals surface area contributed by atoms with Crippen molar-refractivity contribution in [2.75, 3.05) is 14.2 Å². The second-order valence-corrected chi connectivity index (χ2v) is 4.88. The Morgan fingerprint density at radius 3 is 2.68 bits per heavy atom. The second kappa shape index (κ2) is 7.44. The van der Waals surface area contributed by atoms with Crippen LogP contribution in [0.5, 0.6) is 5.75 Å². The first-order valence-corrected chi connectivity index (χ1v) is 7.05. The van der Waals surface area contributed by atoms with E-state index in [1.54, 1.807) is 18.8 Å². The number of methoxy groups -OCH3 is 1. The van der Waals surface area contributed by atoms with Gasteiger partial charge in [0.1, 0.15) is 17.9 Å². The lowest BCUT2D eigenvalue weighted by atomic mass is 10.1. The van der Waals surface area contributed by atoms with Crippen LogP contribution in [-0.2, 0) is 20.1 Å². The SMILES string of the molecule is CN=C(NCc1ccc(OC)c(C)c1)NCc1ncnn1C. The lowest BCUT2D eigenvalue weighted by molar-refractivity contribution is 0.411. The number of aryl methyl sites for hydroxylation is 2. The molecule has 0 aliphatic rings. The van der Waals surface area contributed by atoms with E-state index in [9.17, 15) is 0 Å². The highest BCUT2D eigenvalue weighted by molar-refractivity contribution is 5.79. The second-order valence-electron chi connectivity index (χ2n) is 4.88. The molecule has 118 valence electrons. The van der Waals surface area contributed by atoms with Crippen molar-refractivity contribution in [1.82, 2.24) is 25.4 Å². The molecule has 7 nitrogen and oxygen atoms in total. The van der Waals surface area contributed by atoms with Crippen LogP contribution in [0.2, 0.25) is 0 Å². The molecule has 1 heterocycles. The van der Waals surface area contributed by atoms with Gasteiger partial charge in [0.2, 0.25) is 0 Å². The average Bonchev–Trinajstić information content (AvgIpc) is 2.93. The molecule has 22 heavy (non-hydrogen) atoms. The van der Waals surface area contributed by atoms with E-state index in [1.807, 2.05) is 26.1 Å². The fourth-order valence-corrected chi connectivity index (χ4v) is 2.10. The molecule has 0 aliphatic carbocycles. The van der Waals surface area contributed by atoms with Gasteiger partial charge in [-0.05, 0) is 24.1 Å². The third-order valence-electron chi connectivity index (χ3n) is 3.36. The summed E-state index contributed by atoms with van der Waals surface area (Å²) in [6.07, 6.45) is 1.54. The molecule has 2 aromatic rings. The molecular formula is C15H22N6O. The number of ether oxygens (including phenoxy) is 1. The molecule has 0 saturated heterocycles. The minimum absolute atomic E-state index is 0.567. The van der Waals surface area contributed by atoms with Crippen molar-refractivity contribution >= 4 is 5.96 Å². The summed E-state index contributed by atoms with van der Waals surface area (Å²) in [5.41, 5.74) is 2.28. The molecule has 0 unspecified atom stereocenters. The Bertz CT molecular complexity index is 649. The Hall–Kier alpha value is -2.57. The van der Waals surface area contributed by atoms with Crippen LogP contribution in [0.25, 0.3) is 0 Å². The van der Waals surface area contributed by atoms with Crippen LogP contribution < -0.4 is 15.4 Å². The van der Waals surface area contributed by atoms with E-state index in [1.165, 1.54) is 11.9 Å². The van der Waals surface area contributed by atoms with E-state index in [-0.39, 0.29) is 0 Å². The Morgan fingerprint density at radius 2 is 2.09 bits per heavy atom. The van der Waals surface area contributed by atoms with Gasteiger partial charge in [0.15, 0.2) is 5.96 Å². The van der Waals surface area contributed by atoms with Crippen molar-refractivity contribution in [2.24, 2.45) is 12.0 Å². The molecule has 0 aliphatic heterocycles. The van der Waals surface area contributed by atoms with Crippen LogP contribution in [0.4, 0.5) is 0 Å². The van der Waals surface area contributed by atoms with E-state index >= 15 is 0 Å². The summed E-state index contributed by atoms with van der Waals surface area (Å²) in [7, 11) is 5.28. The first kappa shape index (κ1) is 15.8. The van der Waals surface area contributed by atoms with Gasteiger partial charge in [-0.2, -0.15) is 5.10 Å². The number of hydrogen-bond acceptors (Lipinski definition) is 4. The van der Waals surface area contributed by atoms with Crippen LogP contribution in [0, 0.1) is 6.92 Å². The molecule has 0 bridgehead atoms. The Balaban J connectivity index is 1.88. The van der Waals surface area contributed by atoms with E-state index in [0.717, 1.165) is 23.1 Å². The van der Waals surface area contributed by atoms with Crippen molar-refractivity contribution < 1.29 is 4.74 Å². The highest BCUT2D eigenvalue weighted by atomic mass is 16.5. The molecular weight excluding hydrogens is 280 g/mol. The zero-order valence-corrected chi connectivity index (χ0v) is 13.4. The summed E-state index contributed by atoms with van der Waals surface area (Å²) in [4.78, 5) is 8.36. The lowest BCUT2D eigenvalue weighted by Gasteiger charge is -2.12. The molecule has 0 saturated carbocycles. The quantitative estimate of drug-likeness (QED) is 0.636. The number of nitrogens with zero attached hydrogens (tertiary/aromatic N) is 4. The molecule has 2 rings (SSSR count). The molecule has 0 fully saturated rings. The molecule has 1 aromatic carbocycles. The molecule has 1 aromatic heterocycles. The predicted octanol–water partition coefficient (Wildman–Crippen LogP) is 0.997. The van der Waals surface area contributed by atoms with Crippen molar-refractivity contribution in [3.05, 3.63) is 41.5 Å². The molecule has 0 spiro atoms. The zero-order valence-electron chi connectivity index (χ0n) is 13.4. The predicted molar refractivity (Wildman–Crippen MR) is 85.8 cm³/mol. The summed E-state index contributed by atoms with van der Waals surface area (Å²) in [5.74, 6) is 2.47. The fraction of sp³-hybridized carbons (Fsp3) is 0.400. The third-order valence-corrected chi connectivity index (χ3v) is 3.36. The summed E-state index contributed by atoms with van der Waals surface area (Å²) >= 11 is 0. The van der Waals surface area contributed by atoms with Crippen molar-refractivity contribution in [1.29, 1.82) is 0 Å². The van der Waals surface area contributed by atoms with Crippen molar-refractivity contribution in [3.8, 4) is 5.75 Å². The summed E-state index contributed by atoms with van der Waals surface area (Å²) in [6.45, 7) is 3.28. The van der Waals surface area contributed by atoms with Crippen LogP contribution in [0.3, 0.4) is 0 Å². The van der Waals surface area contributed by atoms with E-state index in [2.05, 4.69) is 31.8 Å². The Morgan fingerprint density at radius 1 is 1.32 bits per heavy atom. The van der Waals surface area contributed by atoms with Crippen LogP contribution in [0.15, 0.2) is 29.5 Å². The molecule has 0 radical (unpaired) electrons. The maximum absolute atomic E-state index is 5.27. The van der Waals surface area contributed by atoms with Crippen LogP contribution >= 0.6 is 0 Å². The minimum Gasteiger partial charge on any atom is -0.496 e. The highest BCUT2D eigenvalue weighted by Gasteiger charge is 2.04. The van der Waals surface area contributed by atoms with Gasteiger partial charge in [-0.15, -0.1) is 0 Å². The Kier molecular flexibility index (Phi) is 5.35. The average molecular weight is 302 g/mol.